The molecule has 0 aliphatic heterocycles. The Balaban J connectivity index is 0.000000180. The van der Waals surface area contributed by atoms with Crippen LogP contribution in [-0.4, -0.2) is 74.8 Å². The van der Waals surface area contributed by atoms with Crippen molar-refractivity contribution in [2.75, 3.05) is 0 Å². The average molecular weight is 1460 g/mol. The summed E-state index contributed by atoms with van der Waals surface area (Å²) in [7, 11) is 0. The van der Waals surface area contributed by atoms with Gasteiger partial charge in [0.05, 0.1) is 103 Å². The summed E-state index contributed by atoms with van der Waals surface area (Å²) in [6.45, 7) is 78.8. The van der Waals surface area contributed by atoms with Crippen LogP contribution in [-0.2, 0) is 65.0 Å². The second kappa shape index (κ2) is 31.6. The Labute approximate surface area is 648 Å². The summed E-state index contributed by atoms with van der Waals surface area (Å²) in [6, 6.07) is 30.4. The summed E-state index contributed by atoms with van der Waals surface area (Å²) in [6.07, 6.45) is 10.6. The summed E-state index contributed by atoms with van der Waals surface area (Å²) >= 11 is 0. The Bertz CT molecular complexity index is 3960. The molecule has 0 spiro atoms. The van der Waals surface area contributed by atoms with E-state index in [1.54, 1.807) is 37.2 Å². The van der Waals surface area contributed by atoms with Crippen molar-refractivity contribution < 1.29 is 0 Å². The first-order valence-electron chi connectivity index (χ1n) is 38.4. The van der Waals surface area contributed by atoms with Crippen LogP contribution < -0.4 is 0 Å². The van der Waals surface area contributed by atoms with Crippen molar-refractivity contribution >= 4 is 66.3 Å². The third-order valence-electron chi connectivity index (χ3n) is 17.7. The lowest BCUT2D eigenvalue weighted by atomic mass is 9.78. The van der Waals surface area contributed by atoms with Gasteiger partial charge in [-0.15, -0.1) is 0 Å². The summed E-state index contributed by atoms with van der Waals surface area (Å²) < 4.78 is 0. The van der Waals surface area contributed by atoms with Crippen LogP contribution >= 0.6 is 0 Å². The van der Waals surface area contributed by atoms with Crippen molar-refractivity contribution in [2.24, 2.45) is 0 Å². The summed E-state index contributed by atoms with van der Waals surface area (Å²) in [4.78, 5) is 69.7. The SMILES string of the molecule is CC(C)(C)c1cc2ccccc2nc1C(C)(C)C.CC(C)(C)c1nc2ccccc2nc1C(C)(C)C.CC(C)(C)c1nc2cccnc2nc1C(C)(C)C.CC(C)(C)c1nc2cccnc2nc1C(C)(C)C.CC(C)(C)c1nc2ccncc2nc1C(C)(C)C.CC(C)(C)c1nc2ccncc2nc1C(C)(C)C. The van der Waals surface area contributed by atoms with Crippen molar-refractivity contribution in [3.05, 3.63) is 196 Å². The number of aromatic nitrogens is 15. The number of fused-ring (bicyclic) bond motifs is 6. The molecule has 15 heteroatoms. The normalized spacial score (nSPS) is 13.0. The van der Waals surface area contributed by atoms with E-state index >= 15 is 0 Å². The van der Waals surface area contributed by atoms with Crippen molar-refractivity contribution in [3.63, 3.8) is 0 Å². The molecule has 0 bridgehead atoms. The van der Waals surface area contributed by atoms with Crippen molar-refractivity contribution in [1.82, 2.24) is 74.8 Å². The van der Waals surface area contributed by atoms with Gasteiger partial charge in [-0.3, -0.25) is 15.0 Å². The minimum atomic E-state index is -0.0265. The molecule has 0 saturated heterocycles. The van der Waals surface area contributed by atoms with E-state index in [0.29, 0.717) is 0 Å². The summed E-state index contributed by atoms with van der Waals surface area (Å²) in [5.74, 6) is 0. The Morgan fingerprint density at radius 2 is 0.407 bits per heavy atom. The topological polar surface area (TPSA) is 193 Å². The lowest BCUT2D eigenvalue weighted by molar-refractivity contribution is 0.502. The highest BCUT2D eigenvalue weighted by Gasteiger charge is 2.35. The third-order valence-corrected chi connectivity index (χ3v) is 17.7. The summed E-state index contributed by atoms with van der Waals surface area (Å²) in [5, 5.41) is 1.23. The van der Waals surface area contributed by atoms with Gasteiger partial charge < -0.3 is 0 Å². The fourth-order valence-electron chi connectivity index (χ4n) is 12.1. The van der Waals surface area contributed by atoms with Crippen LogP contribution in [0.4, 0.5) is 0 Å². The molecule has 0 aliphatic rings. The first-order chi connectivity index (χ1) is 49.2. The minimum Gasteiger partial charge on any atom is -0.262 e. The van der Waals surface area contributed by atoms with Crippen LogP contribution in [0, 0.1) is 0 Å². The fraction of sp³-hybridized carbons (Fsp3) is 0.516. The lowest BCUT2D eigenvalue weighted by Gasteiger charge is -2.29. The zero-order valence-corrected chi connectivity index (χ0v) is 72.8. The monoisotopic (exact) mass is 1460 g/mol. The quantitative estimate of drug-likeness (QED) is 0.139. The van der Waals surface area contributed by atoms with Gasteiger partial charge in [-0.1, -0.05) is 280 Å². The Hall–Kier alpha value is -8.85. The van der Waals surface area contributed by atoms with Crippen LogP contribution in [0.2, 0.25) is 0 Å². The number of para-hydroxylation sites is 3. The molecular weight excluding hydrogens is 1330 g/mol. The smallest absolute Gasteiger partial charge is 0.178 e. The molecule has 0 fully saturated rings. The molecule has 0 N–H and O–H groups in total. The van der Waals surface area contributed by atoms with Crippen molar-refractivity contribution in [3.8, 4) is 0 Å². The number of hydrogen-bond acceptors (Lipinski definition) is 15. The number of benzene rings is 2. The van der Waals surface area contributed by atoms with Crippen LogP contribution in [0.5, 0.6) is 0 Å². The maximum atomic E-state index is 4.91. The standard InChI is InChI=1S/C17H23N.C16H22N2.4C15H21N3/c1-16(2,3)13-11-12-9-7-8-10-14(12)18-15(13)17(4,5)6;1-15(2,3)13-14(16(4,5)6)18-12-10-8-7-9-11(12)17-13;2*1-14(2,3)12-13(15(4,5)6)18-11-9-16-8-7-10(11)17-12;2*1-14(2,3)11-12(15(4,5)6)18-13-10(17-11)8-7-9-16-13/h7-11H,1-6H3;7-10H,1-6H3;4*7-9H,1-6H3. The first-order valence-corrected chi connectivity index (χ1v) is 38.4. The van der Waals surface area contributed by atoms with E-state index in [-0.39, 0.29) is 65.0 Å². The largest absolute Gasteiger partial charge is 0.262 e. The van der Waals surface area contributed by atoms with Crippen molar-refractivity contribution in [1.29, 1.82) is 0 Å². The van der Waals surface area contributed by atoms with Crippen LogP contribution in [0.15, 0.2) is 128 Å². The van der Waals surface area contributed by atoms with E-state index < -0.39 is 0 Å². The van der Waals surface area contributed by atoms with Gasteiger partial charge in [0.15, 0.2) is 11.3 Å². The molecule has 15 nitrogen and oxygen atoms in total. The number of nitrogens with zero attached hydrogens (tertiary/aromatic N) is 15. The lowest BCUT2D eigenvalue weighted by Crippen LogP contribution is -2.25. The molecule has 108 heavy (non-hydrogen) atoms. The van der Waals surface area contributed by atoms with Crippen LogP contribution in [0.25, 0.3) is 66.3 Å². The molecule has 10 aromatic heterocycles. The molecule has 12 aromatic rings. The molecular formula is C93H129N15. The molecule has 0 amide bonds. The molecule has 10 heterocycles. The number of hydrogen-bond donors (Lipinski definition) is 0. The molecule has 0 atom stereocenters. The van der Waals surface area contributed by atoms with Crippen LogP contribution in [0.1, 0.15) is 317 Å². The van der Waals surface area contributed by atoms with Gasteiger partial charge in [-0.2, -0.15) is 0 Å². The number of pyridine rings is 5. The average Bonchev–Trinajstić information content (AvgIpc) is 0.810. The predicted octanol–water partition coefficient (Wildman–Crippen LogP) is 23.5. The molecule has 12 rings (SSSR count). The fourth-order valence-corrected chi connectivity index (χ4v) is 12.1. The maximum Gasteiger partial charge on any atom is 0.178 e. The van der Waals surface area contributed by atoms with Gasteiger partial charge in [0, 0.05) is 89.7 Å². The Kier molecular flexibility index (Phi) is 25.3. The van der Waals surface area contributed by atoms with Gasteiger partial charge in [0.25, 0.3) is 0 Å². The van der Waals surface area contributed by atoms with Gasteiger partial charge in [-0.05, 0) is 71.6 Å². The molecule has 0 radical (unpaired) electrons. The Morgan fingerprint density at radius 1 is 0.185 bits per heavy atom. The predicted molar refractivity (Wildman–Crippen MR) is 455 cm³/mol. The zero-order chi connectivity index (χ0) is 81.3. The Morgan fingerprint density at radius 3 is 0.685 bits per heavy atom. The second-order valence-electron chi connectivity index (χ2n) is 41.1. The van der Waals surface area contributed by atoms with E-state index in [2.05, 4.69) is 300 Å². The second-order valence-corrected chi connectivity index (χ2v) is 41.1. The molecule has 576 valence electrons. The molecule has 0 unspecified atom stereocenters. The van der Waals surface area contributed by atoms with E-state index in [9.17, 15) is 0 Å². The number of rotatable bonds is 0. The molecule has 0 saturated carbocycles. The van der Waals surface area contributed by atoms with Crippen LogP contribution in [0.3, 0.4) is 0 Å². The minimum absolute atomic E-state index is 0.00687. The van der Waals surface area contributed by atoms with Gasteiger partial charge in [0.1, 0.15) is 22.1 Å². The highest BCUT2D eigenvalue weighted by atomic mass is 15.0. The maximum absolute atomic E-state index is 4.91. The van der Waals surface area contributed by atoms with Gasteiger partial charge >= 0.3 is 0 Å². The highest BCUT2D eigenvalue weighted by Crippen LogP contribution is 2.39. The van der Waals surface area contributed by atoms with Gasteiger partial charge in [-0.25, -0.2) is 59.8 Å². The highest BCUT2D eigenvalue weighted by molar-refractivity contribution is 5.80. The van der Waals surface area contributed by atoms with E-state index in [4.69, 9.17) is 54.8 Å². The third kappa shape index (κ3) is 22.2. The molecule has 2 aromatic carbocycles. The summed E-state index contributed by atoms with van der Waals surface area (Å²) in [5.41, 5.74) is 23.2. The van der Waals surface area contributed by atoms with Gasteiger partial charge in [0.2, 0.25) is 0 Å². The molecule has 0 aliphatic carbocycles. The van der Waals surface area contributed by atoms with E-state index in [0.717, 1.165) is 118 Å². The first kappa shape index (κ1) is 86.4. The van der Waals surface area contributed by atoms with Crippen molar-refractivity contribution in [2.45, 2.75) is 314 Å². The zero-order valence-electron chi connectivity index (χ0n) is 72.8. The van der Waals surface area contributed by atoms with E-state index in [1.807, 2.05) is 60.7 Å². The van der Waals surface area contributed by atoms with E-state index in [1.165, 1.54) is 16.6 Å².